The van der Waals surface area contributed by atoms with Crippen molar-refractivity contribution in [2.24, 2.45) is 16.6 Å². The fraction of sp³-hybridized carbons (Fsp3) is 0.562. The van der Waals surface area contributed by atoms with Crippen LogP contribution in [0, 0.1) is 12.8 Å². The summed E-state index contributed by atoms with van der Waals surface area (Å²) in [7, 11) is 0. The summed E-state index contributed by atoms with van der Waals surface area (Å²) in [5.41, 5.74) is 8.41. The number of nitrogens with zero attached hydrogens (tertiary/aromatic N) is 2. The fourth-order valence-corrected chi connectivity index (χ4v) is 3.00. The topological polar surface area (TPSA) is 53.6 Å². The Hall–Kier alpha value is -1.42. The van der Waals surface area contributed by atoms with Crippen molar-refractivity contribution in [3.8, 4) is 0 Å². The number of aryl methyl sites for hydroxylation is 1. The minimum absolute atomic E-state index is 0.572. The molecule has 4 nitrogen and oxygen atoms in total. The first-order chi connectivity index (χ1) is 10.1. The van der Waals surface area contributed by atoms with Crippen LogP contribution in [0.3, 0.4) is 0 Å². The molecule has 1 atom stereocenters. The smallest absolute Gasteiger partial charge is 0.188 e. The second kappa shape index (κ2) is 6.14. The molecule has 1 unspecified atom stereocenters. The van der Waals surface area contributed by atoms with Crippen LogP contribution in [0.15, 0.2) is 23.2 Å². The van der Waals surface area contributed by atoms with E-state index in [9.17, 15) is 0 Å². The van der Waals surface area contributed by atoms with Gasteiger partial charge in [0.2, 0.25) is 0 Å². The molecule has 3 N–H and O–H groups in total. The molecule has 1 aliphatic heterocycles. The molecule has 1 heterocycles. The van der Waals surface area contributed by atoms with E-state index in [1.807, 2.05) is 6.07 Å². The van der Waals surface area contributed by atoms with Gasteiger partial charge in [0.05, 0.1) is 0 Å². The number of hydrogen-bond donors (Lipinski definition) is 2. The van der Waals surface area contributed by atoms with Crippen molar-refractivity contribution in [3.63, 3.8) is 0 Å². The lowest BCUT2D eigenvalue weighted by Crippen LogP contribution is -2.34. The molecule has 0 aromatic heterocycles. The van der Waals surface area contributed by atoms with Gasteiger partial charge in [0.25, 0.3) is 0 Å². The van der Waals surface area contributed by atoms with Crippen molar-refractivity contribution in [2.75, 3.05) is 24.5 Å². The summed E-state index contributed by atoms with van der Waals surface area (Å²) >= 11 is 6.12. The maximum Gasteiger partial charge on any atom is 0.188 e. The molecule has 21 heavy (non-hydrogen) atoms. The Kier molecular flexibility index (Phi) is 4.24. The van der Waals surface area contributed by atoms with Gasteiger partial charge in [-0.05, 0) is 49.8 Å². The second-order valence-corrected chi connectivity index (χ2v) is 6.61. The monoisotopic (exact) mass is 306 g/mol. The molecule has 0 spiro atoms. The van der Waals surface area contributed by atoms with Gasteiger partial charge < -0.3 is 16.0 Å². The highest BCUT2D eigenvalue weighted by Crippen LogP contribution is 2.29. The largest absolute Gasteiger partial charge is 0.371 e. The minimum atomic E-state index is 0.572. The van der Waals surface area contributed by atoms with Crippen LogP contribution in [0.2, 0.25) is 5.02 Å². The van der Waals surface area contributed by atoms with Gasteiger partial charge in [0, 0.05) is 36.4 Å². The van der Waals surface area contributed by atoms with Gasteiger partial charge in [0.15, 0.2) is 5.96 Å². The number of nitrogens with one attached hydrogen (secondary N) is 1. The van der Waals surface area contributed by atoms with Crippen molar-refractivity contribution >= 4 is 23.2 Å². The zero-order chi connectivity index (χ0) is 14.8. The number of benzene rings is 1. The van der Waals surface area contributed by atoms with Crippen molar-refractivity contribution in [2.45, 2.75) is 32.2 Å². The number of anilines is 1. The summed E-state index contributed by atoms with van der Waals surface area (Å²) in [4.78, 5) is 6.89. The molecule has 0 bridgehead atoms. The molecule has 1 aromatic carbocycles. The van der Waals surface area contributed by atoms with E-state index in [0.717, 1.165) is 31.1 Å². The van der Waals surface area contributed by atoms with Gasteiger partial charge in [-0.25, -0.2) is 0 Å². The lowest BCUT2D eigenvalue weighted by molar-refractivity contribution is 0.601. The molecule has 2 aliphatic rings. The summed E-state index contributed by atoms with van der Waals surface area (Å²) in [6.07, 6.45) is 3.61. The lowest BCUT2D eigenvalue weighted by atomic mass is 10.1. The molecule has 3 rings (SSSR count). The number of rotatable bonds is 4. The standard InChI is InChI=1S/C16H23ClN4/c1-11-2-3-13(17)8-15(11)21-7-6-12(10-21)9-19-16(18)20-14-4-5-14/h2-3,8,12,14H,4-7,9-10H2,1H3,(H3,18,19,20). The van der Waals surface area contributed by atoms with Gasteiger partial charge in [-0.2, -0.15) is 0 Å². The van der Waals surface area contributed by atoms with Crippen LogP contribution in [0.25, 0.3) is 0 Å². The maximum atomic E-state index is 6.12. The van der Waals surface area contributed by atoms with Crippen molar-refractivity contribution in [3.05, 3.63) is 28.8 Å². The van der Waals surface area contributed by atoms with Gasteiger partial charge >= 0.3 is 0 Å². The van der Waals surface area contributed by atoms with Crippen LogP contribution in [0.1, 0.15) is 24.8 Å². The zero-order valence-electron chi connectivity index (χ0n) is 12.5. The molecule has 1 saturated heterocycles. The molecular formula is C16H23ClN4. The summed E-state index contributed by atoms with van der Waals surface area (Å²) in [6.45, 7) is 5.04. The summed E-state index contributed by atoms with van der Waals surface area (Å²) < 4.78 is 0. The molecule has 0 radical (unpaired) electrons. The SMILES string of the molecule is Cc1ccc(Cl)cc1N1CCC(CN=C(N)NC2CC2)C1. The lowest BCUT2D eigenvalue weighted by Gasteiger charge is -2.21. The molecule has 1 aliphatic carbocycles. The Morgan fingerprint density at radius 1 is 1.43 bits per heavy atom. The number of hydrogen-bond acceptors (Lipinski definition) is 2. The van der Waals surface area contributed by atoms with E-state index in [0.29, 0.717) is 17.9 Å². The third kappa shape index (κ3) is 3.82. The van der Waals surface area contributed by atoms with Crippen LogP contribution in [-0.4, -0.2) is 31.6 Å². The highest BCUT2D eigenvalue weighted by atomic mass is 35.5. The molecular weight excluding hydrogens is 284 g/mol. The van der Waals surface area contributed by atoms with E-state index in [1.165, 1.54) is 24.1 Å². The van der Waals surface area contributed by atoms with E-state index < -0.39 is 0 Å². The Morgan fingerprint density at radius 2 is 2.24 bits per heavy atom. The molecule has 114 valence electrons. The first kappa shape index (κ1) is 14.5. The second-order valence-electron chi connectivity index (χ2n) is 6.18. The first-order valence-electron chi connectivity index (χ1n) is 7.69. The van der Waals surface area contributed by atoms with Crippen molar-refractivity contribution in [1.82, 2.24) is 5.32 Å². The molecule has 2 fully saturated rings. The summed E-state index contributed by atoms with van der Waals surface area (Å²) in [5.74, 6) is 1.18. The Balaban J connectivity index is 1.56. The Bertz CT molecular complexity index is 539. The highest BCUT2D eigenvalue weighted by molar-refractivity contribution is 6.30. The average Bonchev–Trinajstić information content (AvgIpc) is 3.14. The normalized spacial score (nSPS) is 22.7. The first-order valence-corrected chi connectivity index (χ1v) is 8.07. The molecule has 1 aromatic rings. The Morgan fingerprint density at radius 3 is 3.00 bits per heavy atom. The fourth-order valence-electron chi connectivity index (χ4n) is 2.83. The predicted octanol–water partition coefficient (Wildman–Crippen LogP) is 2.54. The molecule has 1 saturated carbocycles. The van der Waals surface area contributed by atoms with Crippen LogP contribution in [-0.2, 0) is 0 Å². The Labute approximate surface area is 131 Å². The van der Waals surface area contributed by atoms with Crippen LogP contribution >= 0.6 is 11.6 Å². The average molecular weight is 307 g/mol. The van der Waals surface area contributed by atoms with Crippen molar-refractivity contribution < 1.29 is 0 Å². The number of halogens is 1. The van der Waals surface area contributed by atoms with E-state index >= 15 is 0 Å². The van der Waals surface area contributed by atoms with Crippen LogP contribution in [0.5, 0.6) is 0 Å². The van der Waals surface area contributed by atoms with E-state index in [1.54, 1.807) is 0 Å². The number of nitrogens with two attached hydrogens (primary N) is 1. The van der Waals surface area contributed by atoms with Crippen molar-refractivity contribution in [1.29, 1.82) is 0 Å². The quantitative estimate of drug-likeness (QED) is 0.664. The zero-order valence-corrected chi connectivity index (χ0v) is 13.2. The number of guanidine groups is 1. The van der Waals surface area contributed by atoms with Gasteiger partial charge in [-0.3, -0.25) is 4.99 Å². The molecule has 0 amide bonds. The highest BCUT2D eigenvalue weighted by Gasteiger charge is 2.24. The van der Waals surface area contributed by atoms with E-state index in [-0.39, 0.29) is 0 Å². The number of aliphatic imine (C=N–C) groups is 1. The molecule has 5 heteroatoms. The van der Waals surface area contributed by atoms with E-state index in [2.05, 4.69) is 34.3 Å². The summed E-state index contributed by atoms with van der Waals surface area (Å²) in [5, 5.41) is 4.03. The maximum absolute atomic E-state index is 6.12. The van der Waals surface area contributed by atoms with Crippen LogP contribution < -0.4 is 16.0 Å². The van der Waals surface area contributed by atoms with Gasteiger partial charge in [0.1, 0.15) is 0 Å². The third-order valence-electron chi connectivity index (χ3n) is 4.25. The van der Waals surface area contributed by atoms with Crippen LogP contribution in [0.4, 0.5) is 5.69 Å². The van der Waals surface area contributed by atoms with E-state index in [4.69, 9.17) is 17.3 Å². The van der Waals surface area contributed by atoms with Gasteiger partial charge in [-0.1, -0.05) is 17.7 Å². The summed E-state index contributed by atoms with van der Waals surface area (Å²) in [6, 6.07) is 6.66. The minimum Gasteiger partial charge on any atom is -0.371 e. The third-order valence-corrected chi connectivity index (χ3v) is 4.48. The van der Waals surface area contributed by atoms with Gasteiger partial charge in [-0.15, -0.1) is 0 Å². The predicted molar refractivity (Wildman–Crippen MR) is 89.2 cm³/mol.